The average Bonchev–Trinajstić information content (AvgIpc) is 3.45. The maximum atomic E-state index is 12.9. The molecular formula is C21H25BrF3N3O2. The summed E-state index contributed by atoms with van der Waals surface area (Å²) in [6.07, 6.45) is -1.67. The van der Waals surface area contributed by atoms with Crippen molar-refractivity contribution >= 4 is 27.7 Å². The molecule has 1 aliphatic carbocycles. The smallest absolute Gasteiger partial charge is 0.352 e. The van der Waals surface area contributed by atoms with Crippen molar-refractivity contribution in [1.29, 1.82) is 0 Å². The third-order valence-electron chi connectivity index (χ3n) is 6.42. The Morgan fingerprint density at radius 3 is 2.57 bits per heavy atom. The molecule has 2 aliphatic heterocycles. The van der Waals surface area contributed by atoms with E-state index in [2.05, 4.69) is 21.2 Å². The van der Waals surface area contributed by atoms with Gasteiger partial charge in [0, 0.05) is 47.7 Å². The number of likely N-dealkylation sites (tertiary alicyclic amines) is 1. The Bertz CT molecular complexity index is 833. The van der Waals surface area contributed by atoms with Crippen molar-refractivity contribution in [2.45, 2.75) is 49.7 Å². The summed E-state index contributed by atoms with van der Waals surface area (Å²) < 4.78 is 38.1. The van der Waals surface area contributed by atoms with Gasteiger partial charge in [0.25, 0.3) is 5.91 Å². The van der Waals surface area contributed by atoms with Crippen LogP contribution in [-0.2, 0) is 10.2 Å². The standard InChI is InChI=1S/C21H25BrF3N3O2/c22-14-1-2-16-17(11-14)20(5-6-20)13-28(19(16)30)12-18(29)26-15-3-8-27(9-4-15)10-7-21(23,24)25/h1-2,11,15H,3-10,12-13H2,(H,26,29). The van der Waals surface area contributed by atoms with E-state index in [9.17, 15) is 22.8 Å². The van der Waals surface area contributed by atoms with Gasteiger partial charge in [0.2, 0.25) is 5.91 Å². The van der Waals surface area contributed by atoms with E-state index in [1.165, 1.54) is 0 Å². The van der Waals surface area contributed by atoms with Crippen LogP contribution in [0, 0.1) is 0 Å². The molecule has 2 heterocycles. The van der Waals surface area contributed by atoms with E-state index in [-0.39, 0.29) is 36.4 Å². The third-order valence-corrected chi connectivity index (χ3v) is 6.91. The highest BCUT2D eigenvalue weighted by molar-refractivity contribution is 9.10. The summed E-state index contributed by atoms with van der Waals surface area (Å²) in [5.41, 5.74) is 1.72. The molecule has 1 N–H and O–H groups in total. The SMILES string of the molecule is O=C(CN1CC2(CC2)c2cc(Br)ccc2C1=O)NC1CCN(CCC(F)(F)F)CC1. The fourth-order valence-corrected chi connectivity index (χ4v) is 4.93. The Hall–Kier alpha value is -1.61. The van der Waals surface area contributed by atoms with E-state index < -0.39 is 12.6 Å². The van der Waals surface area contributed by atoms with Gasteiger partial charge < -0.3 is 15.1 Å². The predicted molar refractivity (Wildman–Crippen MR) is 109 cm³/mol. The van der Waals surface area contributed by atoms with Crippen molar-refractivity contribution in [3.8, 4) is 0 Å². The highest BCUT2D eigenvalue weighted by atomic mass is 79.9. The number of hydrogen-bond donors (Lipinski definition) is 1. The molecule has 0 atom stereocenters. The second kappa shape index (κ2) is 8.15. The first-order valence-electron chi connectivity index (χ1n) is 10.3. The monoisotopic (exact) mass is 487 g/mol. The zero-order chi connectivity index (χ0) is 21.5. The van der Waals surface area contributed by atoms with Gasteiger partial charge in [-0.05, 0) is 49.4 Å². The van der Waals surface area contributed by atoms with E-state index in [0.29, 0.717) is 38.0 Å². The van der Waals surface area contributed by atoms with Crippen LogP contribution >= 0.6 is 15.9 Å². The number of hydrogen-bond acceptors (Lipinski definition) is 3. The lowest BCUT2D eigenvalue weighted by Gasteiger charge is -2.36. The van der Waals surface area contributed by atoms with E-state index >= 15 is 0 Å². The first-order valence-corrected chi connectivity index (χ1v) is 11.1. The summed E-state index contributed by atoms with van der Waals surface area (Å²) in [5.74, 6) is -0.319. The van der Waals surface area contributed by atoms with Gasteiger partial charge >= 0.3 is 6.18 Å². The molecule has 5 nitrogen and oxygen atoms in total. The van der Waals surface area contributed by atoms with Crippen LogP contribution in [0.25, 0.3) is 0 Å². The average molecular weight is 488 g/mol. The van der Waals surface area contributed by atoms with Gasteiger partial charge in [-0.1, -0.05) is 15.9 Å². The van der Waals surface area contributed by atoms with Gasteiger partial charge in [-0.2, -0.15) is 13.2 Å². The largest absolute Gasteiger partial charge is 0.390 e. The molecule has 1 saturated heterocycles. The van der Waals surface area contributed by atoms with Crippen LogP contribution in [0.2, 0.25) is 0 Å². The molecule has 2 fully saturated rings. The number of nitrogens with one attached hydrogen (secondary N) is 1. The van der Waals surface area contributed by atoms with Crippen molar-refractivity contribution in [1.82, 2.24) is 15.1 Å². The molecule has 2 amide bonds. The first kappa shape index (κ1) is 21.6. The van der Waals surface area contributed by atoms with Gasteiger partial charge in [-0.3, -0.25) is 9.59 Å². The molecule has 4 rings (SSSR count). The van der Waals surface area contributed by atoms with Crippen LogP contribution in [0.15, 0.2) is 22.7 Å². The predicted octanol–water partition coefficient (Wildman–Crippen LogP) is 3.47. The molecule has 0 radical (unpaired) electrons. The van der Waals surface area contributed by atoms with Crippen LogP contribution in [-0.4, -0.2) is 66.6 Å². The number of piperidine rings is 1. The molecule has 1 aromatic carbocycles. The summed E-state index contributed by atoms with van der Waals surface area (Å²) in [6.45, 7) is 1.65. The Kier molecular flexibility index (Phi) is 5.87. The number of fused-ring (bicyclic) bond motifs is 2. The molecule has 0 bridgehead atoms. The summed E-state index contributed by atoms with van der Waals surface area (Å²) in [4.78, 5) is 28.9. The van der Waals surface area contributed by atoms with Crippen LogP contribution in [0.3, 0.4) is 0 Å². The van der Waals surface area contributed by atoms with Crippen LogP contribution < -0.4 is 5.32 Å². The van der Waals surface area contributed by atoms with E-state index in [1.54, 1.807) is 9.80 Å². The molecule has 0 unspecified atom stereocenters. The normalized spacial score (nSPS) is 21.6. The van der Waals surface area contributed by atoms with E-state index in [0.717, 1.165) is 22.9 Å². The van der Waals surface area contributed by atoms with Crippen molar-refractivity contribution < 1.29 is 22.8 Å². The number of amides is 2. The highest BCUT2D eigenvalue weighted by Crippen LogP contribution is 2.52. The first-order chi connectivity index (χ1) is 14.2. The lowest BCUT2D eigenvalue weighted by molar-refractivity contribution is -0.138. The number of nitrogens with zero attached hydrogens (tertiary/aromatic N) is 2. The molecule has 1 aromatic rings. The maximum absolute atomic E-state index is 12.9. The van der Waals surface area contributed by atoms with Gasteiger partial charge in [0.05, 0.1) is 13.0 Å². The minimum absolute atomic E-state index is 0.00402. The molecule has 1 saturated carbocycles. The quantitative estimate of drug-likeness (QED) is 0.691. The summed E-state index contributed by atoms with van der Waals surface area (Å²) in [5, 5.41) is 2.97. The molecular weight excluding hydrogens is 463 g/mol. The number of carbonyl (C=O) groups is 2. The summed E-state index contributed by atoms with van der Waals surface area (Å²) in [7, 11) is 0. The minimum Gasteiger partial charge on any atom is -0.352 e. The van der Waals surface area contributed by atoms with Crippen LogP contribution in [0.1, 0.15) is 48.0 Å². The summed E-state index contributed by atoms with van der Waals surface area (Å²) in [6, 6.07) is 5.63. The molecule has 3 aliphatic rings. The fraction of sp³-hybridized carbons (Fsp3) is 0.619. The Labute approximate surface area is 182 Å². The fourth-order valence-electron chi connectivity index (χ4n) is 4.57. The van der Waals surface area contributed by atoms with Gasteiger partial charge in [0.15, 0.2) is 0 Å². The van der Waals surface area contributed by atoms with Gasteiger partial charge in [-0.15, -0.1) is 0 Å². The van der Waals surface area contributed by atoms with Crippen molar-refractivity contribution in [3.05, 3.63) is 33.8 Å². The van der Waals surface area contributed by atoms with Crippen LogP contribution in [0.5, 0.6) is 0 Å². The molecule has 0 aromatic heterocycles. The molecule has 1 spiro atoms. The van der Waals surface area contributed by atoms with E-state index in [4.69, 9.17) is 0 Å². The minimum atomic E-state index is -4.14. The van der Waals surface area contributed by atoms with Crippen molar-refractivity contribution in [2.24, 2.45) is 0 Å². The zero-order valence-corrected chi connectivity index (χ0v) is 18.2. The van der Waals surface area contributed by atoms with Crippen LogP contribution in [0.4, 0.5) is 13.2 Å². The molecule has 30 heavy (non-hydrogen) atoms. The zero-order valence-electron chi connectivity index (χ0n) is 16.6. The molecule has 9 heteroatoms. The number of alkyl halides is 3. The Morgan fingerprint density at radius 1 is 1.23 bits per heavy atom. The second-order valence-corrected chi connectivity index (χ2v) is 9.60. The van der Waals surface area contributed by atoms with E-state index in [1.807, 2.05) is 18.2 Å². The third kappa shape index (κ3) is 4.82. The number of halogens is 4. The van der Waals surface area contributed by atoms with Crippen molar-refractivity contribution in [3.63, 3.8) is 0 Å². The number of carbonyl (C=O) groups excluding carboxylic acids is 2. The number of benzene rings is 1. The molecule has 164 valence electrons. The van der Waals surface area contributed by atoms with Gasteiger partial charge in [0.1, 0.15) is 0 Å². The van der Waals surface area contributed by atoms with Gasteiger partial charge in [-0.25, -0.2) is 0 Å². The highest BCUT2D eigenvalue weighted by Gasteiger charge is 2.51. The Balaban J connectivity index is 1.29. The second-order valence-electron chi connectivity index (χ2n) is 8.68. The topological polar surface area (TPSA) is 52.7 Å². The maximum Gasteiger partial charge on any atom is 0.390 e. The summed E-state index contributed by atoms with van der Waals surface area (Å²) >= 11 is 3.48. The number of rotatable bonds is 5. The lowest BCUT2D eigenvalue weighted by Crippen LogP contribution is -2.51. The lowest BCUT2D eigenvalue weighted by atomic mass is 9.86. The Morgan fingerprint density at radius 2 is 1.93 bits per heavy atom. The van der Waals surface area contributed by atoms with Crippen molar-refractivity contribution in [2.75, 3.05) is 32.7 Å².